The second kappa shape index (κ2) is 10.1. The minimum atomic E-state index is -0.843. The van der Waals surface area contributed by atoms with Gasteiger partial charge < -0.3 is 10.1 Å². The lowest BCUT2D eigenvalue weighted by molar-refractivity contribution is 0.200. The van der Waals surface area contributed by atoms with E-state index in [0.717, 1.165) is 19.4 Å². The van der Waals surface area contributed by atoms with Crippen molar-refractivity contribution in [2.24, 2.45) is 0 Å². The largest absolute Gasteiger partial charge is 0.385 e. The molecule has 114 valence electrons. The lowest BCUT2D eigenvalue weighted by Crippen LogP contribution is -2.34. The Labute approximate surface area is 125 Å². The average Bonchev–Trinajstić information content (AvgIpc) is 2.48. The molecule has 0 heterocycles. The summed E-state index contributed by atoms with van der Waals surface area (Å²) in [7, 11) is 0.840. The number of methoxy groups -OCH3 is 1. The van der Waals surface area contributed by atoms with Crippen LogP contribution in [0.15, 0.2) is 30.3 Å². The molecule has 0 fully saturated rings. The second-order valence-corrected chi connectivity index (χ2v) is 6.89. The first-order chi connectivity index (χ1) is 9.70. The quantitative estimate of drug-likeness (QED) is 0.675. The van der Waals surface area contributed by atoms with Gasteiger partial charge in [0.25, 0.3) is 0 Å². The third kappa shape index (κ3) is 5.73. The molecule has 0 aliphatic heterocycles. The van der Waals surface area contributed by atoms with Crippen LogP contribution < -0.4 is 5.32 Å². The van der Waals surface area contributed by atoms with Crippen LogP contribution in [-0.2, 0) is 15.5 Å². The molecule has 20 heavy (non-hydrogen) atoms. The molecule has 3 atom stereocenters. The van der Waals surface area contributed by atoms with Crippen molar-refractivity contribution in [2.75, 3.05) is 26.0 Å². The Hall–Kier alpha value is -0.710. The molecule has 3 unspecified atom stereocenters. The van der Waals surface area contributed by atoms with Crippen LogP contribution in [0.5, 0.6) is 0 Å². The van der Waals surface area contributed by atoms with Crippen molar-refractivity contribution in [2.45, 2.75) is 38.0 Å². The molecule has 0 radical (unpaired) electrons. The molecule has 1 aromatic carbocycles. The van der Waals surface area contributed by atoms with Gasteiger partial charge in [0.15, 0.2) is 0 Å². The highest BCUT2D eigenvalue weighted by Crippen LogP contribution is 2.21. The maximum atomic E-state index is 12.4. The smallest absolute Gasteiger partial charge is 0.0514 e. The number of hydrogen-bond donors (Lipinski definition) is 1. The van der Waals surface area contributed by atoms with E-state index in [1.54, 1.807) is 7.11 Å². The maximum absolute atomic E-state index is 12.4. The van der Waals surface area contributed by atoms with Crippen molar-refractivity contribution < 1.29 is 8.95 Å². The Balaban J connectivity index is 2.69. The lowest BCUT2D eigenvalue weighted by atomic mass is 10.0. The van der Waals surface area contributed by atoms with Crippen molar-refractivity contribution in [3.05, 3.63) is 35.9 Å². The van der Waals surface area contributed by atoms with Crippen molar-refractivity contribution in [1.29, 1.82) is 0 Å². The highest BCUT2D eigenvalue weighted by molar-refractivity contribution is 7.85. The summed E-state index contributed by atoms with van der Waals surface area (Å²) >= 11 is 0. The fourth-order valence-electron chi connectivity index (χ4n) is 2.20. The van der Waals surface area contributed by atoms with Gasteiger partial charge in [0.05, 0.1) is 5.25 Å². The molecular formula is C16H27NO2S. The van der Waals surface area contributed by atoms with Gasteiger partial charge in [-0.2, -0.15) is 0 Å². The molecule has 0 amide bonds. The summed E-state index contributed by atoms with van der Waals surface area (Å²) in [5, 5.41) is 3.63. The van der Waals surface area contributed by atoms with E-state index in [1.807, 2.05) is 18.2 Å². The molecule has 1 aromatic rings. The number of hydrogen-bond acceptors (Lipinski definition) is 3. The van der Waals surface area contributed by atoms with E-state index in [-0.39, 0.29) is 11.3 Å². The van der Waals surface area contributed by atoms with E-state index in [9.17, 15) is 4.21 Å². The third-order valence-electron chi connectivity index (χ3n) is 3.35. The first-order valence-electron chi connectivity index (χ1n) is 7.35. The molecule has 0 bridgehead atoms. The van der Waals surface area contributed by atoms with E-state index >= 15 is 0 Å². The Morgan fingerprint density at radius 1 is 1.30 bits per heavy atom. The molecule has 1 N–H and O–H groups in total. The molecule has 1 rings (SSSR count). The Morgan fingerprint density at radius 3 is 2.60 bits per heavy atom. The molecule has 0 spiro atoms. The third-order valence-corrected chi connectivity index (χ3v) is 5.14. The average molecular weight is 297 g/mol. The van der Waals surface area contributed by atoms with Crippen LogP contribution in [0.3, 0.4) is 0 Å². The van der Waals surface area contributed by atoms with Crippen molar-refractivity contribution in [3.8, 4) is 0 Å². The second-order valence-electron chi connectivity index (χ2n) is 4.98. The van der Waals surface area contributed by atoms with Gasteiger partial charge in [-0.25, -0.2) is 0 Å². The van der Waals surface area contributed by atoms with Crippen LogP contribution in [-0.4, -0.2) is 35.5 Å². The van der Waals surface area contributed by atoms with E-state index in [4.69, 9.17) is 4.74 Å². The molecule has 0 aliphatic carbocycles. The van der Waals surface area contributed by atoms with Crippen LogP contribution in [0.1, 0.15) is 38.3 Å². The Bertz CT molecular complexity index is 383. The van der Waals surface area contributed by atoms with Crippen LogP contribution in [0.2, 0.25) is 0 Å². The fraction of sp³-hybridized carbons (Fsp3) is 0.625. The van der Waals surface area contributed by atoms with Crippen LogP contribution in [0.4, 0.5) is 0 Å². The van der Waals surface area contributed by atoms with Crippen molar-refractivity contribution >= 4 is 10.8 Å². The summed E-state index contributed by atoms with van der Waals surface area (Å²) in [5.74, 6) is 0.701. The zero-order valence-electron chi connectivity index (χ0n) is 12.8. The molecule has 4 heteroatoms. The van der Waals surface area contributed by atoms with Gasteiger partial charge in [0.2, 0.25) is 0 Å². The van der Waals surface area contributed by atoms with Crippen molar-refractivity contribution in [3.63, 3.8) is 0 Å². The summed E-state index contributed by atoms with van der Waals surface area (Å²) in [6.07, 6.45) is 1.93. The summed E-state index contributed by atoms with van der Waals surface area (Å²) in [5.41, 5.74) is 1.22. The first kappa shape index (κ1) is 17.3. The molecule has 0 saturated carbocycles. The lowest BCUT2D eigenvalue weighted by Gasteiger charge is -2.25. The van der Waals surface area contributed by atoms with Gasteiger partial charge in [-0.05, 0) is 31.9 Å². The predicted octanol–water partition coefficient (Wildman–Crippen LogP) is 2.90. The Morgan fingerprint density at radius 2 is 2.00 bits per heavy atom. The van der Waals surface area contributed by atoms with E-state index in [2.05, 4.69) is 31.3 Å². The highest BCUT2D eigenvalue weighted by Gasteiger charge is 2.23. The summed E-state index contributed by atoms with van der Waals surface area (Å²) in [4.78, 5) is 0. The number of nitrogens with one attached hydrogen (secondary N) is 1. The molecule has 0 saturated heterocycles. The Kier molecular flexibility index (Phi) is 8.74. The molecule has 0 aromatic heterocycles. The molecule has 3 nitrogen and oxygen atoms in total. The van der Waals surface area contributed by atoms with Gasteiger partial charge in [-0.3, -0.25) is 4.21 Å². The predicted molar refractivity (Wildman–Crippen MR) is 86.4 cm³/mol. The summed E-state index contributed by atoms with van der Waals surface area (Å²) in [6.45, 7) is 5.84. The maximum Gasteiger partial charge on any atom is 0.0514 e. The van der Waals surface area contributed by atoms with Gasteiger partial charge in [-0.1, -0.05) is 37.3 Å². The summed E-state index contributed by atoms with van der Waals surface area (Å²) < 4.78 is 17.4. The van der Waals surface area contributed by atoms with Crippen molar-refractivity contribution in [1.82, 2.24) is 5.32 Å². The number of ether oxygens (including phenoxy) is 1. The standard InChI is InChI=1S/C16H27NO2S/c1-4-11-17-16(15-9-6-5-7-10-15)14(2)20(18)13-8-12-19-3/h5-7,9-10,14,16-17H,4,8,11-13H2,1-3H3. The van der Waals surface area contributed by atoms with E-state index in [0.29, 0.717) is 12.4 Å². The molecular weight excluding hydrogens is 270 g/mol. The van der Waals surface area contributed by atoms with Gasteiger partial charge in [0, 0.05) is 36.3 Å². The zero-order valence-corrected chi connectivity index (χ0v) is 13.6. The van der Waals surface area contributed by atoms with Crippen LogP contribution >= 0.6 is 0 Å². The zero-order chi connectivity index (χ0) is 14.8. The number of rotatable bonds is 10. The van der Waals surface area contributed by atoms with Crippen LogP contribution in [0, 0.1) is 0 Å². The SMILES string of the molecule is CCCNC(c1ccccc1)C(C)S(=O)CCCOC. The van der Waals surface area contributed by atoms with Gasteiger partial charge in [-0.15, -0.1) is 0 Å². The first-order valence-corrected chi connectivity index (χ1v) is 8.73. The highest BCUT2D eigenvalue weighted by atomic mass is 32.2. The normalized spacial score (nSPS) is 15.8. The monoisotopic (exact) mass is 297 g/mol. The van der Waals surface area contributed by atoms with Crippen LogP contribution in [0.25, 0.3) is 0 Å². The topological polar surface area (TPSA) is 38.3 Å². The molecule has 0 aliphatic rings. The minimum Gasteiger partial charge on any atom is -0.385 e. The fourth-order valence-corrected chi connectivity index (χ4v) is 3.53. The van der Waals surface area contributed by atoms with E-state index < -0.39 is 10.8 Å². The van der Waals surface area contributed by atoms with Gasteiger partial charge in [0.1, 0.15) is 0 Å². The van der Waals surface area contributed by atoms with Gasteiger partial charge >= 0.3 is 0 Å². The van der Waals surface area contributed by atoms with E-state index in [1.165, 1.54) is 5.56 Å². The minimum absolute atomic E-state index is 0.0980. The number of benzene rings is 1. The summed E-state index contributed by atoms with van der Waals surface area (Å²) in [6, 6.07) is 10.5.